The Morgan fingerprint density at radius 1 is 1.06 bits per heavy atom. The van der Waals surface area contributed by atoms with E-state index in [-0.39, 0.29) is 14.8 Å². The summed E-state index contributed by atoms with van der Waals surface area (Å²) in [6.07, 6.45) is 0. The largest absolute Gasteiger partial charge is 0.480 e. The molecule has 2 aliphatic rings. The molecule has 0 unspecified atom stereocenters. The van der Waals surface area contributed by atoms with Crippen LogP contribution in [0.3, 0.4) is 0 Å². The lowest BCUT2D eigenvalue weighted by Gasteiger charge is -2.16. The van der Waals surface area contributed by atoms with E-state index in [4.69, 9.17) is 12.2 Å². The monoisotopic (exact) mass is 453 g/mol. The van der Waals surface area contributed by atoms with Crippen molar-refractivity contribution in [3.8, 4) is 0 Å². The number of aryl methyl sites for hydroxylation is 1. The van der Waals surface area contributed by atoms with Crippen molar-refractivity contribution >= 4 is 63.3 Å². The predicted octanol–water partition coefficient (Wildman–Crippen LogP) is 2.34. The van der Waals surface area contributed by atoms with E-state index in [0.29, 0.717) is 16.8 Å². The molecule has 2 heterocycles. The number of hydrogen-bond acceptors (Lipinski definition) is 6. The van der Waals surface area contributed by atoms with Crippen LogP contribution in [0.4, 0.5) is 5.69 Å². The number of nitrogens with zero attached hydrogens (tertiary/aromatic N) is 2. The molecule has 1 saturated heterocycles. The second-order valence-corrected chi connectivity index (χ2v) is 8.47. The summed E-state index contributed by atoms with van der Waals surface area (Å²) >= 11 is 6.14. The van der Waals surface area contributed by atoms with Gasteiger partial charge in [0.05, 0.1) is 16.2 Å². The maximum atomic E-state index is 13.1. The molecular formula is C21H15N3O5S2. The van der Waals surface area contributed by atoms with Crippen LogP contribution in [0.5, 0.6) is 0 Å². The molecule has 0 aliphatic carbocycles. The molecule has 1 fully saturated rings. The van der Waals surface area contributed by atoms with Crippen LogP contribution in [-0.4, -0.2) is 44.7 Å². The van der Waals surface area contributed by atoms with E-state index in [9.17, 15) is 24.3 Å². The van der Waals surface area contributed by atoms with Gasteiger partial charge in [-0.15, -0.1) is 0 Å². The van der Waals surface area contributed by atoms with Crippen LogP contribution in [0.2, 0.25) is 0 Å². The Balaban J connectivity index is 1.67. The van der Waals surface area contributed by atoms with Crippen LogP contribution in [0.25, 0.3) is 5.57 Å². The van der Waals surface area contributed by atoms with Gasteiger partial charge < -0.3 is 5.11 Å². The summed E-state index contributed by atoms with van der Waals surface area (Å²) in [5.74, 6) is -2.95. The normalized spacial score (nSPS) is 17.9. The summed E-state index contributed by atoms with van der Waals surface area (Å²) in [5.41, 5.74) is 4.73. The second kappa shape index (κ2) is 7.97. The van der Waals surface area contributed by atoms with Gasteiger partial charge >= 0.3 is 5.97 Å². The number of anilines is 1. The van der Waals surface area contributed by atoms with Gasteiger partial charge in [-0.3, -0.25) is 29.5 Å². The zero-order chi connectivity index (χ0) is 22.3. The molecule has 8 nitrogen and oxygen atoms in total. The van der Waals surface area contributed by atoms with Crippen molar-refractivity contribution in [2.45, 2.75) is 6.92 Å². The molecule has 2 N–H and O–H groups in total. The lowest BCUT2D eigenvalue weighted by molar-refractivity contribution is -0.136. The van der Waals surface area contributed by atoms with Gasteiger partial charge in [-0.2, -0.15) is 5.01 Å². The number of carboxylic acids is 1. The maximum absolute atomic E-state index is 13.1. The Morgan fingerprint density at radius 3 is 2.42 bits per heavy atom. The van der Waals surface area contributed by atoms with Crippen LogP contribution >= 0.6 is 24.0 Å². The molecule has 0 saturated carbocycles. The van der Waals surface area contributed by atoms with Crippen LogP contribution in [0.15, 0.2) is 53.4 Å². The van der Waals surface area contributed by atoms with Crippen LogP contribution in [-0.2, 0) is 14.4 Å². The van der Waals surface area contributed by atoms with E-state index in [1.165, 1.54) is 0 Å². The number of amides is 3. The fraction of sp³-hybridized carbons (Fsp3) is 0.0952. The topological polar surface area (TPSA) is 107 Å². The smallest absolute Gasteiger partial charge is 0.323 e. The summed E-state index contributed by atoms with van der Waals surface area (Å²) in [4.78, 5) is 51.0. The zero-order valence-corrected chi connectivity index (χ0v) is 17.8. The first kappa shape index (κ1) is 20.8. The van der Waals surface area contributed by atoms with Crippen molar-refractivity contribution in [3.63, 3.8) is 0 Å². The van der Waals surface area contributed by atoms with E-state index < -0.39 is 30.2 Å². The minimum atomic E-state index is -1.18. The van der Waals surface area contributed by atoms with E-state index >= 15 is 0 Å². The standard InChI is InChI=1S/C21H15N3O5S2/c1-11-6-8-12(9-7-11)18(27)22-24-20(29)17(31-21(24)30)16-13-4-2-3-5-14(13)23(19(16)28)10-15(25)26/h2-9H,10H2,1H3,(H,22,27)(H,25,26). The third-order valence-corrected chi connectivity index (χ3v) is 6.11. The Bertz CT molecular complexity index is 1190. The fourth-order valence-electron chi connectivity index (χ4n) is 3.28. The number of benzene rings is 2. The molecule has 2 aromatic carbocycles. The Hall–Kier alpha value is -3.50. The Labute approximate surface area is 186 Å². The van der Waals surface area contributed by atoms with E-state index in [1.807, 2.05) is 6.92 Å². The van der Waals surface area contributed by atoms with E-state index in [0.717, 1.165) is 27.2 Å². The van der Waals surface area contributed by atoms with Crippen molar-refractivity contribution in [1.29, 1.82) is 0 Å². The Kier molecular flexibility index (Phi) is 5.34. The molecule has 0 aromatic heterocycles. The average molecular weight is 454 g/mol. The zero-order valence-electron chi connectivity index (χ0n) is 16.1. The molecule has 0 spiro atoms. The molecule has 0 bridgehead atoms. The number of aliphatic carboxylic acids is 1. The summed E-state index contributed by atoms with van der Waals surface area (Å²) in [5, 5.41) is 10.1. The first-order valence-electron chi connectivity index (χ1n) is 9.09. The van der Waals surface area contributed by atoms with Gasteiger partial charge in [-0.1, -0.05) is 47.7 Å². The quantitative estimate of drug-likeness (QED) is 0.541. The number of hydrogen-bond donors (Lipinski definition) is 2. The van der Waals surface area contributed by atoms with Gasteiger partial charge in [-0.25, -0.2) is 0 Å². The second-order valence-electron chi connectivity index (χ2n) is 6.82. The van der Waals surface area contributed by atoms with Crippen molar-refractivity contribution in [2.24, 2.45) is 0 Å². The molecule has 0 atom stereocenters. The van der Waals surface area contributed by atoms with Gasteiger partial charge in [0, 0.05) is 11.1 Å². The van der Waals surface area contributed by atoms with Crippen LogP contribution in [0.1, 0.15) is 21.5 Å². The number of nitrogens with one attached hydrogen (secondary N) is 1. The molecule has 0 radical (unpaired) electrons. The molecule has 3 amide bonds. The number of fused-ring (bicyclic) bond motifs is 1. The minimum absolute atomic E-state index is 0.0412. The Morgan fingerprint density at radius 2 is 1.74 bits per heavy atom. The minimum Gasteiger partial charge on any atom is -0.480 e. The SMILES string of the molecule is Cc1ccc(C(=O)NN2C(=O)C(=C3C(=O)N(CC(=O)O)c4ccccc43)SC2=S)cc1. The first-order chi connectivity index (χ1) is 14.8. The van der Waals surface area contributed by atoms with Crippen molar-refractivity contribution in [2.75, 3.05) is 11.4 Å². The summed E-state index contributed by atoms with van der Waals surface area (Å²) in [6, 6.07) is 13.4. The summed E-state index contributed by atoms with van der Waals surface area (Å²) in [7, 11) is 0. The number of hydrazine groups is 1. The van der Waals surface area contributed by atoms with Crippen LogP contribution in [0, 0.1) is 6.92 Å². The number of carbonyl (C=O) groups is 4. The number of para-hydroxylation sites is 1. The highest BCUT2D eigenvalue weighted by Gasteiger charge is 2.43. The fourth-order valence-corrected chi connectivity index (χ4v) is 4.53. The number of carboxylic acid groups (broad SMARTS) is 1. The van der Waals surface area contributed by atoms with Crippen LogP contribution < -0.4 is 10.3 Å². The highest BCUT2D eigenvalue weighted by molar-refractivity contribution is 8.26. The van der Waals surface area contributed by atoms with E-state index in [1.54, 1.807) is 48.5 Å². The third kappa shape index (κ3) is 3.71. The number of thiocarbonyl (C=S) groups is 1. The highest BCUT2D eigenvalue weighted by atomic mass is 32.2. The summed E-state index contributed by atoms with van der Waals surface area (Å²) < 4.78 is 0.0647. The maximum Gasteiger partial charge on any atom is 0.323 e. The van der Waals surface area contributed by atoms with Crippen molar-refractivity contribution in [1.82, 2.24) is 10.4 Å². The highest BCUT2D eigenvalue weighted by Crippen LogP contribution is 2.44. The average Bonchev–Trinajstić information content (AvgIpc) is 3.16. The molecule has 4 rings (SSSR count). The molecule has 10 heteroatoms. The molecule has 2 aromatic rings. The van der Waals surface area contributed by atoms with Gasteiger partial charge in [0.15, 0.2) is 4.32 Å². The molecule has 2 aliphatic heterocycles. The van der Waals surface area contributed by atoms with Gasteiger partial charge in [0.25, 0.3) is 17.7 Å². The predicted molar refractivity (Wildman–Crippen MR) is 119 cm³/mol. The van der Waals surface area contributed by atoms with Gasteiger partial charge in [0.2, 0.25) is 0 Å². The first-order valence-corrected chi connectivity index (χ1v) is 10.3. The molecule has 156 valence electrons. The third-order valence-electron chi connectivity index (χ3n) is 4.74. The van der Waals surface area contributed by atoms with Gasteiger partial charge in [-0.05, 0) is 37.3 Å². The molecule has 31 heavy (non-hydrogen) atoms. The van der Waals surface area contributed by atoms with Crippen molar-refractivity contribution < 1.29 is 24.3 Å². The lowest BCUT2D eigenvalue weighted by Crippen LogP contribution is -2.45. The number of rotatable bonds is 4. The van der Waals surface area contributed by atoms with E-state index in [2.05, 4.69) is 5.43 Å². The number of carbonyl (C=O) groups excluding carboxylic acids is 3. The summed E-state index contributed by atoms with van der Waals surface area (Å²) in [6.45, 7) is 1.35. The molecular weight excluding hydrogens is 438 g/mol. The van der Waals surface area contributed by atoms with Gasteiger partial charge in [0.1, 0.15) is 6.54 Å². The lowest BCUT2D eigenvalue weighted by atomic mass is 10.1. The number of thioether (sulfide) groups is 1. The van der Waals surface area contributed by atoms with Crippen molar-refractivity contribution in [3.05, 3.63) is 70.1 Å².